The first-order valence-electron chi connectivity index (χ1n) is 5.16. The zero-order chi connectivity index (χ0) is 12.6. The average Bonchev–Trinajstić information content (AvgIpc) is 3.06. The number of hydrogen-bond donors (Lipinski definition) is 0. The van der Waals surface area contributed by atoms with Crippen molar-refractivity contribution in [3.05, 3.63) is 34.3 Å². The second-order valence-corrected chi connectivity index (χ2v) is 7.13. The van der Waals surface area contributed by atoms with Gasteiger partial charge in [0, 0.05) is 4.47 Å². The van der Waals surface area contributed by atoms with Crippen LogP contribution in [-0.4, -0.2) is 22.8 Å². The van der Waals surface area contributed by atoms with Crippen molar-refractivity contribution in [2.24, 2.45) is 0 Å². The van der Waals surface area contributed by atoms with Crippen LogP contribution in [0.5, 0.6) is 0 Å². The highest BCUT2D eigenvalue weighted by atomic mass is 79.9. The van der Waals surface area contributed by atoms with Crippen molar-refractivity contribution >= 4 is 53.6 Å². The van der Waals surface area contributed by atoms with Gasteiger partial charge in [-0.25, -0.2) is 0 Å². The Hall–Kier alpha value is 0.290. The molecule has 1 aromatic rings. The minimum Gasteiger partial charge on any atom is -0.362 e. The monoisotopic (exact) mass is 424 g/mol. The molecule has 1 aromatic carbocycles. The molecule has 0 aromatic heterocycles. The lowest BCUT2D eigenvalue weighted by Crippen LogP contribution is -2.31. The fraction of sp³-hybridized carbons (Fsp3) is 0.417. The molecule has 0 amide bonds. The molecule has 1 heterocycles. The topological polar surface area (TPSA) is 29.6 Å². The molecule has 0 aliphatic carbocycles. The normalized spacial score (nSPS) is 26.4. The van der Waals surface area contributed by atoms with E-state index in [4.69, 9.17) is 4.74 Å². The number of halogens is 3. The quantitative estimate of drug-likeness (QED) is 0.538. The number of Topliss-reactive ketones (excluding diaryl/α,β-unsaturated/α-hetero) is 1. The Morgan fingerprint density at radius 3 is 2.65 bits per heavy atom. The summed E-state index contributed by atoms with van der Waals surface area (Å²) in [5, 5.41) is 0. The molecule has 0 spiro atoms. The standard InChI is InChI=1S/C12H11Br3O2/c1-12(6-17-12)11(16)10(15)9(14)7-3-2-4-8(13)5-7/h2-5,9-10H,6H2,1H3. The van der Waals surface area contributed by atoms with Crippen LogP contribution in [0.4, 0.5) is 0 Å². The number of benzene rings is 1. The number of hydrogen-bond acceptors (Lipinski definition) is 2. The smallest absolute Gasteiger partial charge is 0.181 e. The highest BCUT2D eigenvalue weighted by Gasteiger charge is 2.50. The molecule has 3 unspecified atom stereocenters. The molecule has 1 fully saturated rings. The Balaban J connectivity index is 2.14. The summed E-state index contributed by atoms with van der Waals surface area (Å²) in [6.07, 6.45) is 0. The number of carbonyl (C=O) groups excluding carboxylic acids is 1. The van der Waals surface area contributed by atoms with E-state index < -0.39 is 5.60 Å². The van der Waals surface area contributed by atoms with Crippen LogP contribution >= 0.6 is 47.8 Å². The van der Waals surface area contributed by atoms with E-state index in [1.54, 1.807) is 0 Å². The number of ether oxygens (including phenoxy) is 1. The van der Waals surface area contributed by atoms with Crippen molar-refractivity contribution in [2.45, 2.75) is 22.2 Å². The number of alkyl halides is 2. The van der Waals surface area contributed by atoms with Gasteiger partial charge in [-0.2, -0.15) is 0 Å². The zero-order valence-electron chi connectivity index (χ0n) is 9.12. The maximum Gasteiger partial charge on any atom is 0.181 e. The number of rotatable bonds is 4. The van der Waals surface area contributed by atoms with Crippen molar-refractivity contribution < 1.29 is 9.53 Å². The lowest BCUT2D eigenvalue weighted by molar-refractivity contribution is -0.122. The summed E-state index contributed by atoms with van der Waals surface area (Å²) >= 11 is 10.4. The van der Waals surface area contributed by atoms with Gasteiger partial charge >= 0.3 is 0 Å². The van der Waals surface area contributed by atoms with E-state index in [9.17, 15) is 4.79 Å². The Morgan fingerprint density at radius 1 is 1.47 bits per heavy atom. The SMILES string of the molecule is CC1(C(=O)C(Br)C(Br)c2cccc(Br)c2)CO1. The summed E-state index contributed by atoms with van der Waals surface area (Å²) in [5.74, 6) is 0.0827. The minimum atomic E-state index is -0.591. The number of epoxide rings is 1. The number of carbonyl (C=O) groups is 1. The molecule has 1 saturated heterocycles. The molecule has 0 N–H and O–H groups in total. The van der Waals surface area contributed by atoms with Gasteiger partial charge in [-0.3, -0.25) is 4.79 Å². The fourth-order valence-corrected chi connectivity index (χ4v) is 3.25. The fourth-order valence-electron chi connectivity index (χ4n) is 1.52. The largest absolute Gasteiger partial charge is 0.362 e. The summed E-state index contributed by atoms with van der Waals surface area (Å²) in [7, 11) is 0. The van der Waals surface area contributed by atoms with Crippen molar-refractivity contribution in [3.63, 3.8) is 0 Å². The molecule has 0 bridgehead atoms. The molecule has 1 aliphatic rings. The lowest BCUT2D eigenvalue weighted by Gasteiger charge is -2.18. The summed E-state index contributed by atoms with van der Waals surface area (Å²) in [6, 6.07) is 7.89. The first-order chi connectivity index (χ1) is 7.94. The van der Waals surface area contributed by atoms with Crippen LogP contribution in [0.25, 0.3) is 0 Å². The Morgan fingerprint density at radius 2 is 2.12 bits per heavy atom. The molecule has 0 radical (unpaired) electrons. The van der Waals surface area contributed by atoms with Gasteiger partial charge in [-0.1, -0.05) is 59.9 Å². The first kappa shape index (κ1) is 13.7. The van der Waals surface area contributed by atoms with Crippen molar-refractivity contribution in [3.8, 4) is 0 Å². The predicted octanol–water partition coefficient (Wildman–Crippen LogP) is 4.01. The molecule has 2 nitrogen and oxygen atoms in total. The van der Waals surface area contributed by atoms with Crippen LogP contribution in [0.1, 0.15) is 17.3 Å². The van der Waals surface area contributed by atoms with Crippen LogP contribution in [0.15, 0.2) is 28.7 Å². The minimum absolute atomic E-state index is 0.0616. The van der Waals surface area contributed by atoms with Crippen molar-refractivity contribution in [1.29, 1.82) is 0 Å². The molecule has 3 atom stereocenters. The van der Waals surface area contributed by atoms with Crippen LogP contribution in [0.2, 0.25) is 0 Å². The summed E-state index contributed by atoms with van der Waals surface area (Å²) in [5.41, 5.74) is 0.463. The van der Waals surface area contributed by atoms with Crippen LogP contribution in [0.3, 0.4) is 0 Å². The van der Waals surface area contributed by atoms with E-state index in [0.29, 0.717) is 6.61 Å². The highest BCUT2D eigenvalue weighted by molar-refractivity contribution is 9.12. The number of ketones is 1. The van der Waals surface area contributed by atoms with Gasteiger partial charge in [-0.05, 0) is 24.6 Å². The second kappa shape index (κ2) is 5.11. The lowest BCUT2D eigenvalue weighted by atomic mass is 10.00. The van der Waals surface area contributed by atoms with Gasteiger partial charge in [0.2, 0.25) is 0 Å². The summed E-state index contributed by atoms with van der Waals surface area (Å²) in [6.45, 7) is 2.34. The maximum atomic E-state index is 12.1. The summed E-state index contributed by atoms with van der Waals surface area (Å²) in [4.78, 5) is 11.8. The van der Waals surface area contributed by atoms with Crippen molar-refractivity contribution in [1.82, 2.24) is 0 Å². The third-order valence-electron chi connectivity index (χ3n) is 2.77. The molecule has 5 heteroatoms. The molecular weight excluding hydrogens is 416 g/mol. The molecule has 92 valence electrons. The molecule has 0 saturated carbocycles. The summed E-state index contributed by atoms with van der Waals surface area (Å²) < 4.78 is 6.18. The Labute approximate surface area is 125 Å². The van der Waals surface area contributed by atoms with Crippen LogP contribution in [-0.2, 0) is 9.53 Å². The van der Waals surface area contributed by atoms with E-state index in [2.05, 4.69) is 47.8 Å². The molecule has 2 rings (SSSR count). The van der Waals surface area contributed by atoms with E-state index >= 15 is 0 Å². The first-order valence-corrected chi connectivity index (χ1v) is 7.78. The second-order valence-electron chi connectivity index (χ2n) is 4.24. The third kappa shape index (κ3) is 3.00. The molecular formula is C12H11Br3O2. The highest BCUT2D eigenvalue weighted by Crippen LogP contribution is 2.39. The van der Waals surface area contributed by atoms with Gasteiger partial charge < -0.3 is 4.74 Å². The predicted molar refractivity (Wildman–Crippen MR) is 77.9 cm³/mol. The van der Waals surface area contributed by atoms with E-state index in [1.807, 2.05) is 31.2 Å². The van der Waals surface area contributed by atoms with E-state index in [-0.39, 0.29) is 15.4 Å². The molecule has 17 heavy (non-hydrogen) atoms. The third-order valence-corrected chi connectivity index (χ3v) is 5.98. The van der Waals surface area contributed by atoms with Gasteiger partial charge in [0.1, 0.15) is 5.60 Å². The van der Waals surface area contributed by atoms with Gasteiger partial charge in [-0.15, -0.1) is 0 Å². The van der Waals surface area contributed by atoms with Gasteiger partial charge in [0.05, 0.1) is 16.3 Å². The maximum absolute atomic E-state index is 12.1. The van der Waals surface area contributed by atoms with Crippen LogP contribution in [0, 0.1) is 0 Å². The van der Waals surface area contributed by atoms with Crippen LogP contribution < -0.4 is 0 Å². The zero-order valence-corrected chi connectivity index (χ0v) is 13.9. The Kier molecular flexibility index (Phi) is 4.13. The van der Waals surface area contributed by atoms with Gasteiger partial charge in [0.15, 0.2) is 5.78 Å². The average molecular weight is 427 g/mol. The van der Waals surface area contributed by atoms with E-state index in [1.165, 1.54) is 0 Å². The Bertz CT molecular complexity index is 443. The van der Waals surface area contributed by atoms with E-state index in [0.717, 1.165) is 10.0 Å². The van der Waals surface area contributed by atoms with Crippen molar-refractivity contribution in [2.75, 3.05) is 6.61 Å². The molecule has 1 aliphatic heterocycles. The van der Waals surface area contributed by atoms with Gasteiger partial charge in [0.25, 0.3) is 0 Å².